The molecule has 0 spiro atoms. The van der Waals surface area contributed by atoms with Crippen LogP contribution in [0.25, 0.3) is 0 Å². The predicted molar refractivity (Wildman–Crippen MR) is 139 cm³/mol. The lowest BCUT2D eigenvalue weighted by Crippen LogP contribution is -2.52. The molecular weight excluding hydrogens is 546 g/mol. The second-order valence-electron chi connectivity index (χ2n) is 8.58. The van der Waals surface area contributed by atoms with Crippen LogP contribution in [-0.4, -0.2) is 30.9 Å². The molecule has 0 unspecified atom stereocenters. The quantitative estimate of drug-likeness (QED) is 0.335. The van der Waals surface area contributed by atoms with Gasteiger partial charge in [-0.25, -0.2) is 4.90 Å². The number of carbonyl (C=O) groups is 3. The number of benzene rings is 3. The Hall–Kier alpha value is -2.61. The topological polar surface area (TPSA) is 75.7 Å². The summed E-state index contributed by atoms with van der Waals surface area (Å²) in [5.41, 5.74) is 0.191. The molecule has 0 saturated carbocycles. The fourth-order valence-corrected chi connectivity index (χ4v) is 6.00. The number of halogens is 4. The Morgan fingerprint density at radius 1 is 0.833 bits per heavy atom. The lowest BCUT2D eigenvalue weighted by molar-refractivity contribution is -0.145. The molecule has 0 aromatic heterocycles. The second-order valence-corrected chi connectivity index (χ2v) is 10.3. The van der Waals surface area contributed by atoms with E-state index in [2.05, 4.69) is 5.32 Å². The van der Waals surface area contributed by atoms with E-state index in [1.807, 2.05) is 0 Å². The van der Waals surface area contributed by atoms with Gasteiger partial charge in [0.15, 0.2) is 0 Å². The molecule has 10 heteroatoms. The van der Waals surface area contributed by atoms with Gasteiger partial charge in [-0.15, -0.1) is 0 Å². The van der Waals surface area contributed by atoms with Crippen molar-refractivity contribution in [2.24, 2.45) is 11.8 Å². The summed E-state index contributed by atoms with van der Waals surface area (Å²) in [5.74, 6) is -3.83. The third-order valence-corrected chi connectivity index (χ3v) is 7.81. The van der Waals surface area contributed by atoms with Gasteiger partial charge in [0.2, 0.25) is 11.8 Å². The molecule has 3 atom stereocenters. The van der Waals surface area contributed by atoms with E-state index in [1.165, 1.54) is 19.2 Å². The summed E-state index contributed by atoms with van der Waals surface area (Å²) in [6.07, 6.45) is 0. The average molecular weight is 564 g/mol. The van der Waals surface area contributed by atoms with Crippen LogP contribution in [0.1, 0.15) is 11.1 Å². The maximum absolute atomic E-state index is 14.2. The number of ether oxygens (including phenoxy) is 1. The zero-order chi connectivity index (χ0) is 25.8. The fraction of sp³-hybridized carbons (Fsp3) is 0.192. The monoisotopic (exact) mass is 562 g/mol. The van der Waals surface area contributed by atoms with Crippen molar-refractivity contribution in [3.05, 3.63) is 97.9 Å². The number of rotatable bonds is 4. The SMILES string of the molecule is COC(=O)[C@@H]1NC(c2ccc(Cl)cc2)(c2ccc(Cl)cc2)[C@H]2C(=O)N(c3ccc(Cl)cc3Cl)C(=O)[C@@H]12. The van der Waals surface area contributed by atoms with Crippen LogP contribution in [0.3, 0.4) is 0 Å². The number of fused-ring (bicyclic) bond motifs is 1. The first-order valence-electron chi connectivity index (χ1n) is 10.9. The Morgan fingerprint density at radius 2 is 1.36 bits per heavy atom. The summed E-state index contributed by atoms with van der Waals surface area (Å²) in [6.45, 7) is 0. The van der Waals surface area contributed by atoms with Gasteiger partial charge < -0.3 is 4.74 Å². The van der Waals surface area contributed by atoms with Gasteiger partial charge in [0.25, 0.3) is 0 Å². The number of imide groups is 1. The third-order valence-electron chi connectivity index (χ3n) is 6.76. The molecule has 3 aromatic rings. The smallest absolute Gasteiger partial charge is 0.323 e. The van der Waals surface area contributed by atoms with Gasteiger partial charge in [-0.2, -0.15) is 0 Å². The predicted octanol–water partition coefficient (Wildman–Crippen LogP) is 5.49. The highest BCUT2D eigenvalue weighted by atomic mass is 35.5. The zero-order valence-electron chi connectivity index (χ0n) is 18.7. The number of anilines is 1. The number of nitrogens with one attached hydrogen (secondary N) is 1. The molecule has 0 radical (unpaired) electrons. The van der Waals surface area contributed by atoms with Crippen LogP contribution < -0.4 is 10.2 Å². The molecule has 2 heterocycles. The Labute approximate surface area is 227 Å². The van der Waals surface area contributed by atoms with E-state index in [4.69, 9.17) is 51.1 Å². The van der Waals surface area contributed by atoms with Gasteiger partial charge in [-0.3, -0.25) is 19.7 Å². The highest BCUT2D eigenvalue weighted by Crippen LogP contribution is 2.53. The van der Waals surface area contributed by atoms with E-state index in [9.17, 15) is 14.4 Å². The van der Waals surface area contributed by atoms with Gasteiger partial charge in [0, 0.05) is 15.1 Å². The van der Waals surface area contributed by atoms with Gasteiger partial charge in [-0.1, -0.05) is 70.7 Å². The van der Waals surface area contributed by atoms with Gasteiger partial charge >= 0.3 is 5.97 Å². The highest BCUT2D eigenvalue weighted by molar-refractivity contribution is 6.38. The molecular formula is C26H18Cl4N2O4. The van der Waals surface area contributed by atoms with Crippen molar-refractivity contribution in [1.82, 2.24) is 5.32 Å². The van der Waals surface area contributed by atoms with Gasteiger partial charge in [0.1, 0.15) is 6.04 Å². The van der Waals surface area contributed by atoms with E-state index >= 15 is 0 Å². The Morgan fingerprint density at radius 3 is 1.86 bits per heavy atom. The largest absolute Gasteiger partial charge is 0.468 e. The molecule has 2 aliphatic rings. The number of carbonyl (C=O) groups excluding carboxylic acids is 3. The van der Waals surface area contributed by atoms with E-state index < -0.39 is 41.2 Å². The molecule has 0 aliphatic carbocycles. The van der Waals surface area contributed by atoms with E-state index in [-0.39, 0.29) is 10.7 Å². The Balaban J connectivity index is 1.76. The molecule has 6 nitrogen and oxygen atoms in total. The van der Waals surface area contributed by atoms with Crippen LogP contribution in [0.5, 0.6) is 0 Å². The van der Waals surface area contributed by atoms with Crippen molar-refractivity contribution in [3.63, 3.8) is 0 Å². The summed E-state index contributed by atoms with van der Waals surface area (Å²) < 4.78 is 5.04. The van der Waals surface area contributed by atoms with Crippen LogP contribution >= 0.6 is 46.4 Å². The van der Waals surface area contributed by atoms with Crippen LogP contribution in [-0.2, 0) is 24.7 Å². The van der Waals surface area contributed by atoms with Crippen LogP contribution in [0.2, 0.25) is 20.1 Å². The van der Waals surface area contributed by atoms with Crippen molar-refractivity contribution in [2.45, 2.75) is 11.6 Å². The van der Waals surface area contributed by atoms with Crippen LogP contribution in [0.4, 0.5) is 5.69 Å². The number of amides is 2. The normalized spacial score (nSPS) is 22.6. The molecule has 36 heavy (non-hydrogen) atoms. The number of nitrogens with zero attached hydrogens (tertiary/aromatic N) is 1. The Bertz CT molecular complexity index is 1330. The molecule has 2 saturated heterocycles. The zero-order valence-corrected chi connectivity index (χ0v) is 21.7. The molecule has 0 bridgehead atoms. The van der Waals surface area contributed by atoms with Crippen molar-refractivity contribution < 1.29 is 19.1 Å². The van der Waals surface area contributed by atoms with Crippen molar-refractivity contribution in [2.75, 3.05) is 12.0 Å². The van der Waals surface area contributed by atoms with Crippen molar-refractivity contribution in [1.29, 1.82) is 0 Å². The van der Waals surface area contributed by atoms with Crippen LogP contribution in [0.15, 0.2) is 66.7 Å². The Kier molecular flexibility index (Phi) is 6.52. The van der Waals surface area contributed by atoms with Crippen molar-refractivity contribution >= 4 is 69.9 Å². The lowest BCUT2D eigenvalue weighted by atomic mass is 9.72. The summed E-state index contributed by atoms with van der Waals surface area (Å²) in [5, 5.41) is 4.78. The van der Waals surface area contributed by atoms with Crippen molar-refractivity contribution in [3.8, 4) is 0 Å². The molecule has 184 valence electrons. The highest BCUT2D eigenvalue weighted by Gasteiger charge is 2.68. The third kappa shape index (κ3) is 3.80. The fourth-order valence-electron chi connectivity index (χ4n) is 5.26. The second kappa shape index (κ2) is 9.36. The molecule has 1 N–H and O–H groups in total. The number of esters is 1. The van der Waals surface area contributed by atoms with Gasteiger partial charge in [-0.05, 0) is 53.6 Å². The minimum atomic E-state index is -1.28. The molecule has 3 aromatic carbocycles. The first-order chi connectivity index (χ1) is 17.2. The minimum absolute atomic E-state index is 0.135. The lowest BCUT2D eigenvalue weighted by Gasteiger charge is -2.36. The maximum atomic E-state index is 14.2. The number of hydrogen-bond donors (Lipinski definition) is 1. The summed E-state index contributed by atoms with van der Waals surface area (Å²) in [4.78, 5) is 42.0. The molecule has 2 amide bonds. The van der Waals surface area contributed by atoms with E-state index in [0.717, 1.165) is 4.90 Å². The van der Waals surface area contributed by atoms with Gasteiger partial charge in [0.05, 0.1) is 35.2 Å². The number of methoxy groups -OCH3 is 1. The standard InChI is InChI=1S/C26H18Cl4N2O4/c1-36-25(35)22-20-21(24(34)32(23(20)33)19-11-10-17(29)12-18(19)30)26(31-22,13-2-6-15(27)7-3-13)14-4-8-16(28)9-5-14/h2-12,20-22,31H,1H3/t20-,21-,22-/m1/s1. The summed E-state index contributed by atoms with van der Waals surface area (Å²) in [7, 11) is 1.23. The van der Waals surface area contributed by atoms with E-state index in [1.54, 1.807) is 54.6 Å². The molecule has 5 rings (SSSR count). The summed E-state index contributed by atoms with van der Waals surface area (Å²) in [6, 6.07) is 17.2. The first kappa shape index (κ1) is 25.1. The molecule has 2 aliphatic heterocycles. The maximum Gasteiger partial charge on any atom is 0.323 e. The van der Waals surface area contributed by atoms with Crippen LogP contribution in [0, 0.1) is 11.8 Å². The minimum Gasteiger partial charge on any atom is -0.468 e. The number of hydrogen-bond acceptors (Lipinski definition) is 5. The molecule has 2 fully saturated rings. The average Bonchev–Trinajstić information content (AvgIpc) is 3.34. The van der Waals surface area contributed by atoms with E-state index in [0.29, 0.717) is 26.2 Å². The first-order valence-corrected chi connectivity index (χ1v) is 12.4. The summed E-state index contributed by atoms with van der Waals surface area (Å²) >= 11 is 24.8.